The van der Waals surface area contributed by atoms with E-state index in [0.717, 1.165) is 6.42 Å². The lowest BCUT2D eigenvalue weighted by Crippen LogP contribution is -2.42. The van der Waals surface area contributed by atoms with E-state index >= 15 is 0 Å². The van der Waals surface area contributed by atoms with Crippen LogP contribution in [-0.2, 0) is 0 Å². The standard InChI is InChI=1S/C13H19NO2/c1-5-13(3,4)14-12(16)10-6-7-11(15)9(2)8-10/h6-8,15H,5H2,1-4H3,(H,14,16). The van der Waals surface area contributed by atoms with Gasteiger partial charge in [-0.3, -0.25) is 4.79 Å². The molecule has 0 unspecified atom stereocenters. The van der Waals surface area contributed by atoms with Gasteiger partial charge in [-0.05, 0) is 51.0 Å². The van der Waals surface area contributed by atoms with Crippen LogP contribution in [0.25, 0.3) is 0 Å². The first kappa shape index (κ1) is 12.6. The van der Waals surface area contributed by atoms with Crippen LogP contribution in [0, 0.1) is 6.92 Å². The van der Waals surface area contributed by atoms with Crippen LogP contribution < -0.4 is 5.32 Å². The van der Waals surface area contributed by atoms with E-state index in [9.17, 15) is 9.90 Å². The third kappa shape index (κ3) is 2.99. The van der Waals surface area contributed by atoms with E-state index in [0.29, 0.717) is 11.1 Å². The number of hydrogen-bond donors (Lipinski definition) is 2. The second-order valence-electron chi connectivity index (χ2n) is 4.69. The quantitative estimate of drug-likeness (QED) is 0.824. The Kier molecular flexibility index (Phi) is 3.58. The molecular formula is C13H19NO2. The summed E-state index contributed by atoms with van der Waals surface area (Å²) in [5.41, 5.74) is 1.09. The lowest BCUT2D eigenvalue weighted by atomic mass is 10.0. The molecule has 0 heterocycles. The highest BCUT2D eigenvalue weighted by Gasteiger charge is 2.18. The van der Waals surface area contributed by atoms with Gasteiger partial charge in [0, 0.05) is 11.1 Å². The van der Waals surface area contributed by atoms with Crippen molar-refractivity contribution < 1.29 is 9.90 Å². The Bertz CT molecular complexity index is 397. The van der Waals surface area contributed by atoms with Gasteiger partial charge in [-0.25, -0.2) is 0 Å². The lowest BCUT2D eigenvalue weighted by molar-refractivity contribution is 0.0911. The number of rotatable bonds is 3. The topological polar surface area (TPSA) is 49.3 Å². The van der Waals surface area contributed by atoms with Crippen LogP contribution >= 0.6 is 0 Å². The van der Waals surface area contributed by atoms with Gasteiger partial charge in [0.1, 0.15) is 5.75 Å². The van der Waals surface area contributed by atoms with E-state index < -0.39 is 0 Å². The number of nitrogens with one attached hydrogen (secondary N) is 1. The molecule has 0 bridgehead atoms. The largest absolute Gasteiger partial charge is 0.508 e. The molecule has 88 valence electrons. The zero-order valence-corrected chi connectivity index (χ0v) is 10.3. The van der Waals surface area contributed by atoms with Crippen molar-refractivity contribution in [2.45, 2.75) is 39.7 Å². The summed E-state index contributed by atoms with van der Waals surface area (Å²) in [5, 5.41) is 12.3. The first-order chi connectivity index (χ1) is 7.35. The molecule has 0 atom stereocenters. The number of carbonyl (C=O) groups is 1. The maximum atomic E-state index is 11.9. The Morgan fingerprint density at radius 1 is 1.44 bits per heavy atom. The van der Waals surface area contributed by atoms with Gasteiger partial charge in [0.15, 0.2) is 0 Å². The number of hydrogen-bond acceptors (Lipinski definition) is 2. The number of amides is 1. The molecular weight excluding hydrogens is 202 g/mol. The number of benzene rings is 1. The summed E-state index contributed by atoms with van der Waals surface area (Å²) in [7, 11) is 0. The highest BCUT2D eigenvalue weighted by Crippen LogP contribution is 2.17. The highest BCUT2D eigenvalue weighted by molar-refractivity contribution is 5.95. The molecule has 1 amide bonds. The van der Waals surface area contributed by atoms with Gasteiger partial charge in [0.25, 0.3) is 5.91 Å². The molecule has 3 heteroatoms. The number of phenolic OH excluding ortho intramolecular Hbond substituents is 1. The van der Waals surface area contributed by atoms with Crippen molar-refractivity contribution in [2.75, 3.05) is 0 Å². The van der Waals surface area contributed by atoms with E-state index in [-0.39, 0.29) is 17.2 Å². The van der Waals surface area contributed by atoms with Crippen molar-refractivity contribution in [1.29, 1.82) is 0 Å². The molecule has 1 aromatic carbocycles. The van der Waals surface area contributed by atoms with Gasteiger partial charge in [0.2, 0.25) is 0 Å². The molecule has 0 aliphatic rings. The highest BCUT2D eigenvalue weighted by atomic mass is 16.3. The maximum absolute atomic E-state index is 11.9. The Morgan fingerprint density at radius 3 is 2.56 bits per heavy atom. The molecule has 0 saturated heterocycles. The predicted octanol–water partition coefficient (Wildman–Crippen LogP) is 2.62. The molecule has 1 rings (SSSR count). The molecule has 16 heavy (non-hydrogen) atoms. The van der Waals surface area contributed by atoms with Crippen molar-refractivity contribution in [2.24, 2.45) is 0 Å². The molecule has 0 aromatic heterocycles. The molecule has 3 nitrogen and oxygen atoms in total. The zero-order valence-electron chi connectivity index (χ0n) is 10.3. The van der Waals surface area contributed by atoms with E-state index in [2.05, 4.69) is 5.32 Å². The first-order valence-electron chi connectivity index (χ1n) is 5.48. The predicted molar refractivity (Wildman–Crippen MR) is 64.7 cm³/mol. The summed E-state index contributed by atoms with van der Waals surface area (Å²) in [4.78, 5) is 11.9. The van der Waals surface area contributed by atoms with E-state index in [1.165, 1.54) is 0 Å². The van der Waals surface area contributed by atoms with Gasteiger partial charge in [-0.2, -0.15) is 0 Å². The number of aryl methyl sites for hydroxylation is 1. The Balaban J connectivity index is 2.85. The van der Waals surface area contributed by atoms with Gasteiger partial charge >= 0.3 is 0 Å². The molecule has 0 spiro atoms. The third-order valence-electron chi connectivity index (χ3n) is 2.79. The second-order valence-corrected chi connectivity index (χ2v) is 4.69. The van der Waals surface area contributed by atoms with E-state index in [4.69, 9.17) is 0 Å². The van der Waals surface area contributed by atoms with Gasteiger partial charge < -0.3 is 10.4 Å². The van der Waals surface area contributed by atoms with E-state index in [1.807, 2.05) is 20.8 Å². The van der Waals surface area contributed by atoms with Crippen LogP contribution in [0.5, 0.6) is 5.75 Å². The van der Waals surface area contributed by atoms with Crippen LogP contribution in [0.15, 0.2) is 18.2 Å². The molecule has 0 aliphatic heterocycles. The Hall–Kier alpha value is -1.51. The molecule has 1 aromatic rings. The first-order valence-corrected chi connectivity index (χ1v) is 5.48. The summed E-state index contributed by atoms with van der Waals surface area (Å²) in [6.07, 6.45) is 0.871. The van der Waals surface area contributed by atoms with Gasteiger partial charge in [0.05, 0.1) is 0 Å². The zero-order chi connectivity index (χ0) is 12.3. The second kappa shape index (κ2) is 4.56. The van der Waals surface area contributed by atoms with Crippen molar-refractivity contribution in [1.82, 2.24) is 5.32 Å². The van der Waals surface area contributed by atoms with Crippen molar-refractivity contribution in [3.05, 3.63) is 29.3 Å². The fourth-order valence-electron chi connectivity index (χ4n) is 1.26. The van der Waals surface area contributed by atoms with Crippen molar-refractivity contribution in [3.63, 3.8) is 0 Å². The minimum atomic E-state index is -0.205. The molecule has 0 radical (unpaired) electrons. The molecule has 0 aliphatic carbocycles. The molecule has 0 saturated carbocycles. The Morgan fingerprint density at radius 2 is 2.06 bits per heavy atom. The minimum absolute atomic E-state index is 0.102. The van der Waals surface area contributed by atoms with Crippen LogP contribution in [0.2, 0.25) is 0 Å². The fraction of sp³-hybridized carbons (Fsp3) is 0.462. The number of phenols is 1. The summed E-state index contributed by atoms with van der Waals surface area (Å²) in [5.74, 6) is 0.112. The van der Waals surface area contributed by atoms with Gasteiger partial charge in [-0.1, -0.05) is 6.92 Å². The SMILES string of the molecule is CCC(C)(C)NC(=O)c1ccc(O)c(C)c1. The van der Waals surface area contributed by atoms with Crippen molar-refractivity contribution >= 4 is 5.91 Å². The number of aromatic hydroxyl groups is 1. The van der Waals surface area contributed by atoms with Crippen LogP contribution in [0.4, 0.5) is 0 Å². The normalized spacial score (nSPS) is 11.2. The molecule has 2 N–H and O–H groups in total. The Labute approximate surface area is 96.5 Å². The summed E-state index contributed by atoms with van der Waals surface area (Å²) in [6.45, 7) is 7.77. The minimum Gasteiger partial charge on any atom is -0.508 e. The smallest absolute Gasteiger partial charge is 0.251 e. The lowest BCUT2D eigenvalue weighted by Gasteiger charge is -2.24. The van der Waals surface area contributed by atoms with Crippen LogP contribution in [-0.4, -0.2) is 16.6 Å². The average Bonchev–Trinajstić information content (AvgIpc) is 2.21. The van der Waals surface area contributed by atoms with Crippen molar-refractivity contribution in [3.8, 4) is 5.75 Å². The number of carbonyl (C=O) groups excluding carboxylic acids is 1. The van der Waals surface area contributed by atoms with Gasteiger partial charge in [-0.15, -0.1) is 0 Å². The molecule has 0 fully saturated rings. The third-order valence-corrected chi connectivity index (χ3v) is 2.79. The fourth-order valence-corrected chi connectivity index (χ4v) is 1.26. The summed E-state index contributed by atoms with van der Waals surface area (Å²) < 4.78 is 0. The monoisotopic (exact) mass is 221 g/mol. The van der Waals surface area contributed by atoms with E-state index in [1.54, 1.807) is 25.1 Å². The summed E-state index contributed by atoms with van der Waals surface area (Å²) >= 11 is 0. The maximum Gasteiger partial charge on any atom is 0.251 e. The van der Waals surface area contributed by atoms with Crippen LogP contribution in [0.1, 0.15) is 43.1 Å². The van der Waals surface area contributed by atoms with Crippen LogP contribution in [0.3, 0.4) is 0 Å². The summed E-state index contributed by atoms with van der Waals surface area (Å²) in [6, 6.07) is 4.86. The average molecular weight is 221 g/mol.